The van der Waals surface area contributed by atoms with Gasteiger partial charge in [0.15, 0.2) is 0 Å². The largest absolute Gasteiger partial charge is 0.370 e. The number of nitrogens with two attached hydrogens (primary N) is 1. The Morgan fingerprint density at radius 3 is 2.68 bits per heavy atom. The Morgan fingerprint density at radius 2 is 2.14 bits per heavy atom. The number of allylic oxidation sites excluding steroid dienone is 2. The van der Waals surface area contributed by atoms with E-state index in [1.165, 1.54) is 18.1 Å². The van der Waals surface area contributed by atoms with Crippen molar-refractivity contribution in [1.29, 1.82) is 0 Å². The Labute approximate surface area is 131 Å². The molecule has 0 aliphatic heterocycles. The van der Waals surface area contributed by atoms with Gasteiger partial charge in [0, 0.05) is 19.7 Å². The van der Waals surface area contributed by atoms with E-state index in [1.54, 1.807) is 11.1 Å². The lowest BCUT2D eigenvalue weighted by Gasteiger charge is -2.18. The Bertz CT molecular complexity index is 561. The number of aromatic nitrogens is 1. The summed E-state index contributed by atoms with van der Waals surface area (Å²) in [6.07, 6.45) is 11.3. The third-order valence-electron chi connectivity index (χ3n) is 2.94. The number of pyridine rings is 1. The van der Waals surface area contributed by atoms with Crippen LogP contribution in [0.1, 0.15) is 31.0 Å². The lowest BCUT2D eigenvalue weighted by atomic mass is 10.1. The maximum atomic E-state index is 11.1. The standard InChI is InChI=1S/C15H18N2O.C2H5NO/c1-13-7-8-16-15(9-13)11-17(12-18)10-14-5-3-2-4-6-14;1-2(3)4/h3,5-9,12H,2,4,10-11H2,1H3;1H3,(H2,3,4). The second-order valence-corrected chi connectivity index (χ2v) is 5.20. The highest BCUT2D eigenvalue weighted by molar-refractivity contribution is 5.70. The van der Waals surface area contributed by atoms with E-state index in [9.17, 15) is 9.59 Å². The lowest BCUT2D eigenvalue weighted by molar-refractivity contribution is -0.118. The van der Waals surface area contributed by atoms with Crippen LogP contribution in [0, 0.1) is 6.92 Å². The molecule has 0 atom stereocenters. The van der Waals surface area contributed by atoms with Gasteiger partial charge in [-0.2, -0.15) is 0 Å². The fourth-order valence-corrected chi connectivity index (χ4v) is 2.04. The summed E-state index contributed by atoms with van der Waals surface area (Å²) in [5, 5.41) is 0. The van der Waals surface area contributed by atoms with Gasteiger partial charge in [-0.3, -0.25) is 14.6 Å². The average molecular weight is 301 g/mol. The molecule has 5 heteroatoms. The highest BCUT2D eigenvalue weighted by atomic mass is 16.1. The van der Waals surface area contributed by atoms with Gasteiger partial charge in [-0.25, -0.2) is 0 Å². The zero-order valence-corrected chi connectivity index (χ0v) is 13.2. The van der Waals surface area contributed by atoms with Crippen LogP contribution in [-0.2, 0) is 16.1 Å². The predicted molar refractivity (Wildman–Crippen MR) is 86.8 cm³/mol. The van der Waals surface area contributed by atoms with E-state index in [0.717, 1.165) is 24.9 Å². The van der Waals surface area contributed by atoms with Gasteiger partial charge < -0.3 is 10.6 Å². The third kappa shape index (κ3) is 7.38. The van der Waals surface area contributed by atoms with Crippen molar-refractivity contribution in [3.05, 3.63) is 53.4 Å². The monoisotopic (exact) mass is 301 g/mol. The summed E-state index contributed by atoms with van der Waals surface area (Å²) in [7, 11) is 0. The molecule has 22 heavy (non-hydrogen) atoms. The van der Waals surface area contributed by atoms with Crippen LogP contribution in [0.2, 0.25) is 0 Å². The molecule has 5 nitrogen and oxygen atoms in total. The van der Waals surface area contributed by atoms with Crippen molar-refractivity contribution in [2.45, 2.75) is 33.2 Å². The van der Waals surface area contributed by atoms with Gasteiger partial charge in [0.1, 0.15) is 0 Å². The van der Waals surface area contributed by atoms with Crippen LogP contribution in [-0.4, -0.2) is 28.7 Å². The molecular weight excluding hydrogens is 278 g/mol. The number of aryl methyl sites for hydroxylation is 1. The van der Waals surface area contributed by atoms with Crippen molar-refractivity contribution in [2.75, 3.05) is 6.54 Å². The van der Waals surface area contributed by atoms with Gasteiger partial charge in [-0.1, -0.05) is 18.2 Å². The van der Waals surface area contributed by atoms with E-state index in [2.05, 4.69) is 28.9 Å². The minimum absolute atomic E-state index is 0.333. The average Bonchev–Trinajstić information content (AvgIpc) is 2.47. The topological polar surface area (TPSA) is 76.3 Å². The van der Waals surface area contributed by atoms with Crippen molar-refractivity contribution in [3.8, 4) is 0 Å². The molecule has 0 radical (unpaired) electrons. The Hall–Kier alpha value is -2.43. The third-order valence-corrected chi connectivity index (χ3v) is 2.94. The van der Waals surface area contributed by atoms with E-state index in [4.69, 9.17) is 0 Å². The SMILES string of the molecule is CC(N)=O.Cc1ccnc(CN(C=O)CC2=CCCC=C2)c1. The van der Waals surface area contributed by atoms with E-state index >= 15 is 0 Å². The second-order valence-electron chi connectivity index (χ2n) is 5.20. The molecule has 1 aliphatic carbocycles. The summed E-state index contributed by atoms with van der Waals surface area (Å²) in [6.45, 7) is 4.56. The maximum absolute atomic E-state index is 11.1. The summed E-state index contributed by atoms with van der Waals surface area (Å²) in [4.78, 5) is 26.4. The highest BCUT2D eigenvalue weighted by Crippen LogP contribution is 2.12. The predicted octanol–water partition coefficient (Wildman–Crippen LogP) is 2.12. The number of primary amides is 1. The molecule has 0 bridgehead atoms. The van der Waals surface area contributed by atoms with E-state index in [-0.39, 0.29) is 5.91 Å². The molecule has 2 N–H and O–H groups in total. The minimum Gasteiger partial charge on any atom is -0.370 e. The van der Waals surface area contributed by atoms with Gasteiger partial charge in [-0.05, 0) is 43.0 Å². The molecule has 0 aromatic carbocycles. The molecule has 1 aromatic rings. The van der Waals surface area contributed by atoms with Crippen LogP contribution in [0.4, 0.5) is 0 Å². The smallest absolute Gasteiger partial charge is 0.214 e. The molecule has 1 aliphatic rings. The fraction of sp³-hybridized carbons (Fsp3) is 0.353. The van der Waals surface area contributed by atoms with E-state index < -0.39 is 0 Å². The van der Waals surface area contributed by atoms with Crippen molar-refractivity contribution in [2.24, 2.45) is 5.73 Å². The van der Waals surface area contributed by atoms with Crippen LogP contribution in [0.15, 0.2) is 42.1 Å². The summed E-state index contributed by atoms with van der Waals surface area (Å²) < 4.78 is 0. The van der Waals surface area contributed by atoms with Crippen molar-refractivity contribution in [1.82, 2.24) is 9.88 Å². The molecule has 0 saturated heterocycles. The van der Waals surface area contributed by atoms with Crippen molar-refractivity contribution < 1.29 is 9.59 Å². The first-order chi connectivity index (χ1) is 10.5. The molecule has 0 unspecified atom stereocenters. The second kappa shape index (κ2) is 9.50. The Kier molecular flexibility index (Phi) is 7.61. The molecule has 2 rings (SSSR count). The first-order valence-corrected chi connectivity index (χ1v) is 7.23. The number of carbonyl (C=O) groups excluding carboxylic acids is 2. The molecule has 2 amide bonds. The molecule has 0 spiro atoms. The van der Waals surface area contributed by atoms with Crippen LogP contribution < -0.4 is 5.73 Å². The number of rotatable bonds is 5. The summed E-state index contributed by atoms with van der Waals surface area (Å²) in [5.41, 5.74) is 7.78. The van der Waals surface area contributed by atoms with Gasteiger partial charge in [-0.15, -0.1) is 0 Å². The van der Waals surface area contributed by atoms with Crippen LogP contribution >= 0.6 is 0 Å². The van der Waals surface area contributed by atoms with Crippen molar-refractivity contribution >= 4 is 12.3 Å². The fourth-order valence-electron chi connectivity index (χ4n) is 2.04. The number of hydrogen-bond acceptors (Lipinski definition) is 3. The molecule has 118 valence electrons. The first kappa shape index (κ1) is 17.6. The van der Waals surface area contributed by atoms with Crippen molar-refractivity contribution in [3.63, 3.8) is 0 Å². The Balaban J connectivity index is 0.000000541. The zero-order chi connectivity index (χ0) is 16.4. The number of amides is 2. The normalized spacial score (nSPS) is 12.7. The first-order valence-electron chi connectivity index (χ1n) is 7.23. The van der Waals surface area contributed by atoms with E-state index in [1.807, 2.05) is 19.1 Å². The molecule has 1 heterocycles. The van der Waals surface area contributed by atoms with Gasteiger partial charge in [0.2, 0.25) is 12.3 Å². The highest BCUT2D eigenvalue weighted by Gasteiger charge is 2.07. The Morgan fingerprint density at radius 1 is 1.41 bits per heavy atom. The van der Waals surface area contributed by atoms with Crippen LogP contribution in [0.3, 0.4) is 0 Å². The lowest BCUT2D eigenvalue weighted by Crippen LogP contribution is -2.24. The molecule has 1 aromatic heterocycles. The van der Waals surface area contributed by atoms with Gasteiger partial charge in [0.05, 0.1) is 12.2 Å². The zero-order valence-electron chi connectivity index (χ0n) is 13.2. The quantitative estimate of drug-likeness (QED) is 0.846. The summed E-state index contributed by atoms with van der Waals surface area (Å²) in [5.74, 6) is -0.333. The summed E-state index contributed by atoms with van der Waals surface area (Å²) in [6, 6.07) is 3.97. The molecular formula is C17H23N3O2. The number of nitrogens with zero attached hydrogens (tertiary/aromatic N) is 2. The maximum Gasteiger partial charge on any atom is 0.214 e. The van der Waals surface area contributed by atoms with Crippen LogP contribution in [0.25, 0.3) is 0 Å². The molecule has 0 saturated carbocycles. The number of hydrogen-bond donors (Lipinski definition) is 1. The number of carbonyl (C=O) groups is 2. The van der Waals surface area contributed by atoms with Crippen LogP contribution in [0.5, 0.6) is 0 Å². The van der Waals surface area contributed by atoms with E-state index in [0.29, 0.717) is 13.1 Å². The minimum atomic E-state index is -0.333. The molecule has 0 fully saturated rings. The van der Waals surface area contributed by atoms with Gasteiger partial charge in [0.25, 0.3) is 0 Å². The summed E-state index contributed by atoms with van der Waals surface area (Å²) >= 11 is 0. The van der Waals surface area contributed by atoms with Gasteiger partial charge >= 0.3 is 0 Å².